The van der Waals surface area contributed by atoms with Gasteiger partial charge in [0, 0.05) is 38.4 Å². The van der Waals surface area contributed by atoms with Crippen LogP contribution in [0.2, 0.25) is 0 Å². The fraction of sp³-hybridized carbons (Fsp3) is 0.393. The first-order valence-electron chi connectivity index (χ1n) is 13.0. The molecule has 1 aromatic heterocycles. The third-order valence-corrected chi connectivity index (χ3v) is 8.65. The summed E-state index contributed by atoms with van der Waals surface area (Å²) in [6.07, 6.45) is 5.59. The Bertz CT molecular complexity index is 1330. The maximum atomic E-state index is 13.0. The molecule has 0 radical (unpaired) electrons. The highest BCUT2D eigenvalue weighted by molar-refractivity contribution is 6.06. The quantitative estimate of drug-likeness (QED) is 0.526. The van der Waals surface area contributed by atoms with Gasteiger partial charge < -0.3 is 25.8 Å². The Morgan fingerprint density at radius 1 is 1.06 bits per heavy atom. The number of fused-ring (bicyclic) bond motifs is 4. The predicted octanol–water partition coefficient (Wildman–Crippen LogP) is 3.43. The molecule has 2 aromatic carbocycles. The van der Waals surface area contributed by atoms with Gasteiger partial charge in [-0.1, -0.05) is 42.5 Å². The van der Waals surface area contributed by atoms with Gasteiger partial charge in [-0.2, -0.15) is 0 Å². The number of benzene rings is 2. The zero-order chi connectivity index (χ0) is 24.3. The first-order chi connectivity index (χ1) is 17.6. The minimum atomic E-state index is -0.433. The van der Waals surface area contributed by atoms with Crippen LogP contribution in [0.15, 0.2) is 54.9 Å². The molecule has 36 heavy (non-hydrogen) atoms. The number of aryl methyl sites for hydroxylation is 1. The summed E-state index contributed by atoms with van der Waals surface area (Å²) in [4.78, 5) is 26.8. The minimum Gasteiger partial charge on any atom is -0.358 e. The second kappa shape index (κ2) is 8.20. The number of carbonyl (C=O) groups excluding carboxylic acids is 1. The van der Waals surface area contributed by atoms with E-state index in [4.69, 9.17) is 4.98 Å². The summed E-state index contributed by atoms with van der Waals surface area (Å²) in [6, 6.07) is 17.3. The third-order valence-electron chi connectivity index (χ3n) is 8.65. The van der Waals surface area contributed by atoms with E-state index in [1.54, 1.807) is 6.33 Å². The van der Waals surface area contributed by atoms with Gasteiger partial charge in [-0.05, 0) is 48.4 Å². The van der Waals surface area contributed by atoms with E-state index in [2.05, 4.69) is 68.1 Å². The zero-order valence-corrected chi connectivity index (χ0v) is 20.5. The lowest BCUT2D eigenvalue weighted by atomic mass is 9.73. The number of nitrogens with zero attached hydrogens (tertiary/aromatic N) is 4. The van der Waals surface area contributed by atoms with Gasteiger partial charge in [0.05, 0.1) is 5.41 Å². The monoisotopic (exact) mass is 481 g/mol. The van der Waals surface area contributed by atoms with Crippen LogP contribution >= 0.6 is 0 Å². The van der Waals surface area contributed by atoms with Crippen LogP contribution < -0.4 is 25.8 Å². The molecule has 184 valence electrons. The Labute approximate surface area is 211 Å². The molecule has 1 saturated heterocycles. The van der Waals surface area contributed by atoms with Gasteiger partial charge in [0.1, 0.15) is 18.2 Å². The molecule has 4 heterocycles. The molecule has 8 nitrogen and oxygen atoms in total. The smallest absolute Gasteiger partial charge is 0.235 e. The van der Waals surface area contributed by atoms with Crippen LogP contribution in [0, 0.1) is 0 Å². The van der Waals surface area contributed by atoms with Crippen molar-refractivity contribution in [3.05, 3.63) is 71.5 Å². The number of amides is 1. The van der Waals surface area contributed by atoms with Gasteiger partial charge in [-0.15, -0.1) is 0 Å². The van der Waals surface area contributed by atoms with Crippen molar-refractivity contribution in [1.82, 2.24) is 15.3 Å². The number of para-hydroxylation sites is 1. The molecule has 2 atom stereocenters. The molecule has 7 rings (SSSR count). The molecule has 1 fully saturated rings. The van der Waals surface area contributed by atoms with Crippen LogP contribution in [0.3, 0.4) is 0 Å². The number of likely N-dealkylation sites (N-methyl/N-ethyl adjacent to an activating group) is 1. The fourth-order valence-corrected chi connectivity index (χ4v) is 6.60. The maximum Gasteiger partial charge on any atom is 0.235 e. The molecule has 3 aliphatic heterocycles. The van der Waals surface area contributed by atoms with Crippen LogP contribution in [0.4, 0.5) is 23.0 Å². The fourth-order valence-electron chi connectivity index (χ4n) is 6.60. The summed E-state index contributed by atoms with van der Waals surface area (Å²) in [5, 5.41) is 10.6. The van der Waals surface area contributed by atoms with Crippen LogP contribution in [-0.2, 0) is 16.6 Å². The number of carbonyl (C=O) groups is 1. The molecule has 2 unspecified atom stereocenters. The maximum absolute atomic E-state index is 13.0. The highest BCUT2D eigenvalue weighted by atomic mass is 16.2. The predicted molar refractivity (Wildman–Crippen MR) is 142 cm³/mol. The van der Waals surface area contributed by atoms with Crippen molar-refractivity contribution in [1.29, 1.82) is 0 Å². The van der Waals surface area contributed by atoms with Crippen molar-refractivity contribution in [3.63, 3.8) is 0 Å². The van der Waals surface area contributed by atoms with Crippen LogP contribution in [0.25, 0.3) is 0 Å². The van der Waals surface area contributed by atoms with Crippen molar-refractivity contribution in [2.75, 3.05) is 47.1 Å². The number of piperidine rings is 1. The first-order valence-corrected chi connectivity index (χ1v) is 13.0. The van der Waals surface area contributed by atoms with Crippen molar-refractivity contribution in [3.8, 4) is 0 Å². The van der Waals surface area contributed by atoms with Crippen molar-refractivity contribution in [2.24, 2.45) is 0 Å². The highest BCUT2D eigenvalue weighted by Gasteiger charge is 2.48. The Balaban J connectivity index is 1.06. The van der Waals surface area contributed by atoms with E-state index in [1.807, 2.05) is 18.2 Å². The number of aromatic nitrogens is 2. The van der Waals surface area contributed by atoms with E-state index < -0.39 is 5.41 Å². The zero-order valence-electron chi connectivity index (χ0n) is 20.5. The molecule has 0 bridgehead atoms. The minimum absolute atomic E-state index is 0.104. The van der Waals surface area contributed by atoms with Crippen LogP contribution in [-0.4, -0.2) is 48.7 Å². The summed E-state index contributed by atoms with van der Waals surface area (Å²) < 4.78 is 0. The van der Waals surface area contributed by atoms with Crippen LogP contribution in [0.5, 0.6) is 0 Å². The van der Waals surface area contributed by atoms with Crippen molar-refractivity contribution < 1.29 is 4.79 Å². The van der Waals surface area contributed by atoms with E-state index in [9.17, 15) is 4.79 Å². The molecule has 1 aliphatic carbocycles. The largest absolute Gasteiger partial charge is 0.358 e. The molecule has 3 aromatic rings. The Kier molecular flexibility index (Phi) is 4.92. The van der Waals surface area contributed by atoms with Gasteiger partial charge >= 0.3 is 0 Å². The van der Waals surface area contributed by atoms with Gasteiger partial charge in [0.2, 0.25) is 5.91 Å². The number of rotatable bonds is 4. The van der Waals surface area contributed by atoms with Gasteiger partial charge in [0.15, 0.2) is 11.6 Å². The number of nitrogens with one attached hydrogen (secondary N) is 3. The van der Waals surface area contributed by atoms with E-state index in [0.717, 1.165) is 73.9 Å². The van der Waals surface area contributed by atoms with Gasteiger partial charge in [-0.3, -0.25) is 4.79 Å². The van der Waals surface area contributed by atoms with E-state index in [0.29, 0.717) is 6.04 Å². The molecule has 1 spiro atoms. The second-order valence-electron chi connectivity index (χ2n) is 10.4. The molecule has 0 saturated carbocycles. The normalized spacial score (nSPS) is 23.3. The lowest BCUT2D eigenvalue weighted by Crippen LogP contribution is -2.47. The SMILES string of the molecule is CN1c2ncnc(N3CCC4(CC3)C(=O)Nc3ccccc34)c2NC1CNC1CCc2ccccc21. The highest BCUT2D eigenvalue weighted by Crippen LogP contribution is 2.47. The molecular weight excluding hydrogens is 450 g/mol. The van der Waals surface area contributed by atoms with E-state index >= 15 is 0 Å². The van der Waals surface area contributed by atoms with E-state index in [-0.39, 0.29) is 12.1 Å². The Morgan fingerprint density at radius 2 is 1.83 bits per heavy atom. The average molecular weight is 482 g/mol. The Hall–Kier alpha value is -3.65. The molecule has 3 N–H and O–H groups in total. The van der Waals surface area contributed by atoms with Crippen molar-refractivity contribution >= 4 is 28.9 Å². The molecule has 8 heteroatoms. The van der Waals surface area contributed by atoms with Gasteiger partial charge in [0.25, 0.3) is 0 Å². The summed E-state index contributed by atoms with van der Waals surface area (Å²) in [6.45, 7) is 2.36. The molecular formula is C28H31N7O. The number of hydrogen-bond donors (Lipinski definition) is 3. The van der Waals surface area contributed by atoms with Gasteiger partial charge in [-0.25, -0.2) is 9.97 Å². The summed E-state index contributed by atoms with van der Waals surface area (Å²) in [7, 11) is 2.09. The topological polar surface area (TPSA) is 85.4 Å². The second-order valence-corrected chi connectivity index (χ2v) is 10.4. The Morgan fingerprint density at radius 3 is 2.72 bits per heavy atom. The standard InChI is InChI=1S/C28H31N7O/c1-34-23(16-29-21-11-10-18-6-2-3-7-19(18)21)33-24-25(34)30-17-31-26(24)35-14-12-28(13-15-35)20-8-4-5-9-22(20)32-27(28)36/h2-9,17,21,23,29,33H,10-16H2,1H3,(H,32,36). The lowest BCUT2D eigenvalue weighted by Gasteiger charge is -2.38. The average Bonchev–Trinajstić information content (AvgIpc) is 3.56. The third kappa shape index (κ3) is 3.20. The summed E-state index contributed by atoms with van der Waals surface area (Å²) >= 11 is 0. The molecule has 4 aliphatic rings. The van der Waals surface area contributed by atoms with Crippen LogP contribution in [0.1, 0.15) is 42.0 Å². The number of anilines is 4. The van der Waals surface area contributed by atoms with E-state index in [1.165, 1.54) is 11.1 Å². The first kappa shape index (κ1) is 21.6. The summed E-state index contributed by atoms with van der Waals surface area (Å²) in [5.41, 5.74) is 5.54. The summed E-state index contributed by atoms with van der Waals surface area (Å²) in [5.74, 6) is 2.00. The number of hydrogen-bond acceptors (Lipinski definition) is 7. The van der Waals surface area contributed by atoms with Crippen molar-refractivity contribution in [2.45, 2.75) is 43.3 Å². The molecule has 1 amide bonds. The lowest BCUT2D eigenvalue weighted by molar-refractivity contribution is -0.121.